The van der Waals surface area contributed by atoms with Gasteiger partial charge in [0.15, 0.2) is 0 Å². The number of aromatic nitrogens is 2. The SMILES string of the molecule is CN(CCN=Cc1ccccn1)CCN=Cc1ccccn1. The lowest BCUT2D eigenvalue weighted by atomic mass is 10.4. The molecule has 0 aliphatic heterocycles. The van der Waals surface area contributed by atoms with E-state index >= 15 is 0 Å². The van der Waals surface area contributed by atoms with E-state index in [0.29, 0.717) is 0 Å². The zero-order valence-corrected chi connectivity index (χ0v) is 12.8. The highest BCUT2D eigenvalue weighted by Gasteiger charge is 1.95. The third kappa shape index (κ3) is 6.37. The summed E-state index contributed by atoms with van der Waals surface area (Å²) in [7, 11) is 2.08. The van der Waals surface area contributed by atoms with E-state index in [1.165, 1.54) is 0 Å². The molecular weight excluding hydrogens is 274 g/mol. The molecule has 2 rings (SSSR count). The first kappa shape index (κ1) is 16.0. The molecule has 0 saturated carbocycles. The Hall–Kier alpha value is -2.40. The van der Waals surface area contributed by atoms with Crippen molar-refractivity contribution < 1.29 is 0 Å². The average Bonchev–Trinajstić information content (AvgIpc) is 2.57. The molecule has 0 unspecified atom stereocenters. The molecule has 2 aromatic heterocycles. The van der Waals surface area contributed by atoms with Gasteiger partial charge < -0.3 is 4.90 Å². The Labute approximate surface area is 131 Å². The van der Waals surface area contributed by atoms with Gasteiger partial charge >= 0.3 is 0 Å². The first-order valence-electron chi connectivity index (χ1n) is 7.35. The smallest absolute Gasteiger partial charge is 0.0807 e. The Kier molecular flexibility index (Phi) is 6.92. The van der Waals surface area contributed by atoms with E-state index in [-0.39, 0.29) is 0 Å². The lowest BCUT2D eigenvalue weighted by Crippen LogP contribution is -2.24. The molecule has 5 nitrogen and oxygen atoms in total. The first-order valence-corrected chi connectivity index (χ1v) is 7.35. The van der Waals surface area contributed by atoms with Gasteiger partial charge in [0.05, 0.1) is 24.5 Å². The molecule has 0 saturated heterocycles. The molecular formula is C17H21N5. The molecule has 0 atom stereocenters. The summed E-state index contributed by atoms with van der Waals surface area (Å²) < 4.78 is 0. The molecule has 0 bridgehead atoms. The maximum absolute atomic E-state index is 4.38. The van der Waals surface area contributed by atoms with Gasteiger partial charge in [-0.3, -0.25) is 20.0 Å². The predicted molar refractivity (Wildman–Crippen MR) is 90.9 cm³/mol. The molecule has 22 heavy (non-hydrogen) atoms. The van der Waals surface area contributed by atoms with Crippen molar-refractivity contribution in [3.8, 4) is 0 Å². The van der Waals surface area contributed by atoms with Crippen LogP contribution >= 0.6 is 0 Å². The van der Waals surface area contributed by atoms with E-state index in [0.717, 1.165) is 37.6 Å². The number of nitrogens with zero attached hydrogens (tertiary/aromatic N) is 5. The van der Waals surface area contributed by atoms with Crippen LogP contribution in [0.2, 0.25) is 0 Å². The van der Waals surface area contributed by atoms with Crippen LogP contribution in [0.4, 0.5) is 0 Å². The number of rotatable bonds is 8. The highest BCUT2D eigenvalue weighted by molar-refractivity contribution is 5.77. The van der Waals surface area contributed by atoms with Crippen molar-refractivity contribution in [3.05, 3.63) is 60.2 Å². The van der Waals surface area contributed by atoms with Crippen LogP contribution in [0.1, 0.15) is 11.4 Å². The number of pyridine rings is 2. The van der Waals surface area contributed by atoms with Crippen LogP contribution in [0.25, 0.3) is 0 Å². The van der Waals surface area contributed by atoms with Gasteiger partial charge in [-0.2, -0.15) is 0 Å². The molecule has 114 valence electrons. The maximum atomic E-state index is 4.38. The van der Waals surface area contributed by atoms with Crippen LogP contribution in [0.15, 0.2) is 58.8 Å². The van der Waals surface area contributed by atoms with Gasteiger partial charge in [-0.15, -0.1) is 0 Å². The van der Waals surface area contributed by atoms with Crippen LogP contribution in [0, 0.1) is 0 Å². The summed E-state index contributed by atoms with van der Waals surface area (Å²) in [5.74, 6) is 0. The number of likely N-dealkylation sites (N-methyl/N-ethyl adjacent to an activating group) is 1. The molecule has 2 heterocycles. The highest BCUT2D eigenvalue weighted by atomic mass is 15.1. The summed E-state index contributed by atoms with van der Waals surface area (Å²) in [5, 5.41) is 0. The minimum atomic E-state index is 0.761. The quantitative estimate of drug-likeness (QED) is 0.699. The lowest BCUT2D eigenvalue weighted by molar-refractivity contribution is 0.354. The lowest BCUT2D eigenvalue weighted by Gasteiger charge is -2.13. The summed E-state index contributed by atoms with van der Waals surface area (Å²) in [5.41, 5.74) is 1.79. The normalized spacial score (nSPS) is 11.7. The van der Waals surface area contributed by atoms with Gasteiger partial charge in [0.25, 0.3) is 0 Å². The van der Waals surface area contributed by atoms with Crippen molar-refractivity contribution in [2.75, 3.05) is 33.2 Å². The fourth-order valence-corrected chi connectivity index (χ4v) is 1.79. The molecule has 0 amide bonds. The van der Waals surface area contributed by atoms with Gasteiger partial charge in [-0.1, -0.05) is 12.1 Å². The summed E-state index contributed by atoms with van der Waals surface area (Å²) >= 11 is 0. The van der Waals surface area contributed by atoms with Crippen molar-refractivity contribution in [1.82, 2.24) is 14.9 Å². The molecule has 0 aromatic carbocycles. The molecule has 0 radical (unpaired) electrons. The largest absolute Gasteiger partial charge is 0.303 e. The summed E-state index contributed by atoms with van der Waals surface area (Å²) in [6.07, 6.45) is 7.17. The van der Waals surface area contributed by atoms with Crippen molar-refractivity contribution in [1.29, 1.82) is 0 Å². The second-order valence-electron chi connectivity index (χ2n) is 4.88. The standard InChI is InChI=1S/C17H21N5/c1-22(12-10-18-14-16-6-2-4-8-20-16)13-11-19-15-17-7-3-5-9-21-17/h2-9,14-15H,10-13H2,1H3. The molecule has 0 N–H and O–H groups in total. The highest BCUT2D eigenvalue weighted by Crippen LogP contribution is 1.91. The van der Waals surface area contributed by atoms with Crippen LogP contribution in [-0.2, 0) is 0 Å². The van der Waals surface area contributed by atoms with Gasteiger partial charge in [-0.05, 0) is 31.3 Å². The van der Waals surface area contributed by atoms with E-state index in [4.69, 9.17) is 0 Å². The monoisotopic (exact) mass is 295 g/mol. The zero-order chi connectivity index (χ0) is 15.5. The average molecular weight is 295 g/mol. The molecule has 0 aliphatic rings. The predicted octanol–water partition coefficient (Wildman–Crippen LogP) is 1.95. The van der Waals surface area contributed by atoms with Gasteiger partial charge in [0.1, 0.15) is 0 Å². The summed E-state index contributed by atoms with van der Waals surface area (Å²) in [4.78, 5) is 19.4. The third-order valence-corrected chi connectivity index (χ3v) is 3.04. The molecule has 0 spiro atoms. The number of hydrogen-bond donors (Lipinski definition) is 0. The summed E-state index contributed by atoms with van der Waals surface area (Å²) in [6, 6.07) is 11.6. The van der Waals surface area contributed by atoms with Crippen LogP contribution in [0.5, 0.6) is 0 Å². The molecule has 5 heteroatoms. The molecule has 2 aromatic rings. The van der Waals surface area contributed by atoms with Gasteiger partial charge in [0, 0.05) is 37.9 Å². The van der Waals surface area contributed by atoms with Crippen LogP contribution < -0.4 is 0 Å². The number of hydrogen-bond acceptors (Lipinski definition) is 5. The topological polar surface area (TPSA) is 53.7 Å². The van der Waals surface area contributed by atoms with Crippen molar-refractivity contribution in [2.45, 2.75) is 0 Å². The van der Waals surface area contributed by atoms with E-state index < -0.39 is 0 Å². The minimum absolute atomic E-state index is 0.761. The Balaban J connectivity index is 1.61. The van der Waals surface area contributed by atoms with E-state index in [1.807, 2.05) is 48.8 Å². The van der Waals surface area contributed by atoms with E-state index in [9.17, 15) is 0 Å². The first-order chi connectivity index (χ1) is 10.8. The maximum Gasteiger partial charge on any atom is 0.0807 e. The van der Waals surface area contributed by atoms with E-state index in [1.54, 1.807) is 12.4 Å². The van der Waals surface area contributed by atoms with Gasteiger partial charge in [-0.25, -0.2) is 0 Å². The Morgan fingerprint density at radius 3 is 1.77 bits per heavy atom. The fourth-order valence-electron chi connectivity index (χ4n) is 1.79. The second kappa shape index (κ2) is 9.52. The second-order valence-corrected chi connectivity index (χ2v) is 4.88. The Morgan fingerprint density at radius 1 is 0.864 bits per heavy atom. The van der Waals surface area contributed by atoms with E-state index in [2.05, 4.69) is 31.9 Å². The van der Waals surface area contributed by atoms with Crippen molar-refractivity contribution in [2.24, 2.45) is 9.98 Å². The van der Waals surface area contributed by atoms with Crippen molar-refractivity contribution >= 4 is 12.4 Å². The van der Waals surface area contributed by atoms with Crippen molar-refractivity contribution in [3.63, 3.8) is 0 Å². The summed E-state index contributed by atoms with van der Waals surface area (Å²) in [6.45, 7) is 3.33. The Bertz CT molecular complexity index is 527. The van der Waals surface area contributed by atoms with Crippen LogP contribution in [-0.4, -0.2) is 60.5 Å². The minimum Gasteiger partial charge on any atom is -0.303 e. The third-order valence-electron chi connectivity index (χ3n) is 3.04. The zero-order valence-electron chi connectivity index (χ0n) is 12.8. The van der Waals surface area contributed by atoms with Crippen LogP contribution in [0.3, 0.4) is 0 Å². The Morgan fingerprint density at radius 2 is 1.36 bits per heavy atom. The van der Waals surface area contributed by atoms with Gasteiger partial charge in [0.2, 0.25) is 0 Å². The number of aliphatic imine (C=N–C) groups is 2. The fraction of sp³-hybridized carbons (Fsp3) is 0.294. The molecule has 0 fully saturated rings. The molecule has 0 aliphatic carbocycles.